The third-order valence-corrected chi connectivity index (χ3v) is 7.46. The summed E-state index contributed by atoms with van der Waals surface area (Å²) in [6, 6.07) is 15.3. The summed E-state index contributed by atoms with van der Waals surface area (Å²) in [6.45, 7) is -0.0338. The number of likely N-dealkylation sites (tertiary alicyclic amines) is 1. The van der Waals surface area contributed by atoms with Gasteiger partial charge in [0.1, 0.15) is 11.9 Å². The summed E-state index contributed by atoms with van der Waals surface area (Å²) in [4.78, 5) is 40.5. The van der Waals surface area contributed by atoms with Gasteiger partial charge in [-0.25, -0.2) is 0 Å². The number of carboxylic acids is 1. The number of benzene rings is 2. The standard InChI is InChI=1S/C28H35N5O4/c29-26(30)20-12-10-19(11-13-20)16-32-27(36)24-15-21-8-4-5-9-23(21)33(24)28(37)22(31-17-25(34)35)14-18-6-2-1-3-7-18/h1-3,6-7,10-13,21-24,31H,4-5,8-9,14-17H2,(H3,29,30)(H,32,36)(H,34,35)/t21-,22+,23-,24-/m0/s1. The van der Waals surface area contributed by atoms with E-state index in [9.17, 15) is 19.5 Å². The van der Waals surface area contributed by atoms with Crippen LogP contribution in [-0.4, -0.2) is 58.3 Å². The van der Waals surface area contributed by atoms with E-state index in [-0.39, 0.29) is 36.2 Å². The lowest BCUT2D eigenvalue weighted by Gasteiger charge is -2.36. The summed E-state index contributed by atoms with van der Waals surface area (Å²) < 4.78 is 0. The third-order valence-electron chi connectivity index (χ3n) is 7.46. The molecule has 2 aromatic carbocycles. The van der Waals surface area contributed by atoms with Crippen LogP contribution in [0.15, 0.2) is 54.6 Å². The predicted octanol–water partition coefficient (Wildman–Crippen LogP) is 2.03. The zero-order valence-corrected chi connectivity index (χ0v) is 20.9. The first-order valence-corrected chi connectivity index (χ1v) is 12.9. The Morgan fingerprint density at radius 1 is 1.03 bits per heavy atom. The zero-order valence-electron chi connectivity index (χ0n) is 20.9. The van der Waals surface area contributed by atoms with Crippen LogP contribution < -0.4 is 16.4 Å². The highest BCUT2D eigenvalue weighted by Crippen LogP contribution is 2.40. The third kappa shape index (κ3) is 6.54. The van der Waals surface area contributed by atoms with Crippen LogP contribution in [0.4, 0.5) is 0 Å². The average Bonchev–Trinajstić information content (AvgIpc) is 3.29. The Morgan fingerprint density at radius 3 is 2.41 bits per heavy atom. The Bertz CT molecular complexity index is 1120. The molecule has 1 aliphatic carbocycles. The van der Waals surface area contributed by atoms with Crippen LogP contribution in [0, 0.1) is 11.3 Å². The average molecular weight is 506 g/mol. The van der Waals surface area contributed by atoms with Crippen molar-refractivity contribution in [3.05, 3.63) is 71.3 Å². The number of amides is 2. The highest BCUT2D eigenvalue weighted by atomic mass is 16.4. The van der Waals surface area contributed by atoms with Crippen LogP contribution in [0.25, 0.3) is 0 Å². The van der Waals surface area contributed by atoms with Crippen molar-refractivity contribution in [3.63, 3.8) is 0 Å². The summed E-state index contributed by atoms with van der Waals surface area (Å²) >= 11 is 0. The Labute approximate surface area is 216 Å². The Morgan fingerprint density at radius 2 is 1.73 bits per heavy atom. The first-order valence-electron chi connectivity index (χ1n) is 12.9. The van der Waals surface area contributed by atoms with Gasteiger partial charge in [-0.3, -0.25) is 25.1 Å². The topological polar surface area (TPSA) is 149 Å². The molecule has 0 unspecified atom stereocenters. The van der Waals surface area contributed by atoms with Gasteiger partial charge in [0.15, 0.2) is 0 Å². The lowest BCUT2D eigenvalue weighted by molar-refractivity contribution is -0.143. The van der Waals surface area contributed by atoms with Crippen LogP contribution in [0.2, 0.25) is 0 Å². The van der Waals surface area contributed by atoms with Crippen molar-refractivity contribution in [1.82, 2.24) is 15.5 Å². The summed E-state index contributed by atoms with van der Waals surface area (Å²) in [6.07, 6.45) is 4.89. The summed E-state index contributed by atoms with van der Waals surface area (Å²) in [5.41, 5.74) is 7.93. The predicted molar refractivity (Wildman–Crippen MR) is 140 cm³/mol. The second-order valence-corrected chi connectivity index (χ2v) is 9.95. The van der Waals surface area contributed by atoms with Crippen molar-refractivity contribution in [1.29, 1.82) is 5.41 Å². The first kappa shape index (κ1) is 26.3. The van der Waals surface area contributed by atoms with Gasteiger partial charge >= 0.3 is 5.97 Å². The fraction of sp³-hybridized carbons (Fsp3) is 0.429. The maximum Gasteiger partial charge on any atom is 0.317 e. The minimum atomic E-state index is -1.03. The van der Waals surface area contributed by atoms with Gasteiger partial charge in [-0.05, 0) is 42.7 Å². The number of nitrogens with zero attached hydrogens (tertiary/aromatic N) is 1. The first-order chi connectivity index (χ1) is 17.8. The zero-order chi connectivity index (χ0) is 26.4. The molecule has 196 valence electrons. The SMILES string of the molecule is N=C(N)c1ccc(CNC(=O)[C@@H]2C[C@@H]3CCCC[C@@H]3N2C(=O)[C@@H](Cc2ccccc2)NCC(=O)O)cc1. The van der Waals surface area contributed by atoms with Gasteiger partial charge in [-0.1, -0.05) is 67.4 Å². The van der Waals surface area contributed by atoms with E-state index in [4.69, 9.17) is 11.1 Å². The molecule has 9 heteroatoms. The smallest absolute Gasteiger partial charge is 0.317 e. The van der Waals surface area contributed by atoms with Gasteiger partial charge < -0.3 is 21.1 Å². The van der Waals surface area contributed by atoms with Gasteiger partial charge in [0.05, 0.1) is 12.6 Å². The molecule has 2 fully saturated rings. The molecule has 0 aromatic heterocycles. The number of amidine groups is 1. The fourth-order valence-electron chi connectivity index (χ4n) is 5.61. The highest BCUT2D eigenvalue weighted by Gasteiger charge is 2.48. The summed E-state index contributed by atoms with van der Waals surface area (Å²) in [7, 11) is 0. The number of fused-ring (bicyclic) bond motifs is 1. The van der Waals surface area contributed by atoms with E-state index in [2.05, 4.69) is 10.6 Å². The number of carbonyl (C=O) groups is 3. The van der Waals surface area contributed by atoms with Crippen molar-refractivity contribution >= 4 is 23.6 Å². The van der Waals surface area contributed by atoms with Gasteiger partial charge in [0, 0.05) is 18.2 Å². The minimum absolute atomic E-state index is 0.0140. The van der Waals surface area contributed by atoms with Crippen LogP contribution >= 0.6 is 0 Å². The molecule has 4 atom stereocenters. The van der Waals surface area contributed by atoms with Crippen molar-refractivity contribution < 1.29 is 19.5 Å². The van der Waals surface area contributed by atoms with Gasteiger partial charge in [-0.15, -0.1) is 0 Å². The molecule has 1 saturated heterocycles. The molecular formula is C28H35N5O4. The molecular weight excluding hydrogens is 470 g/mol. The van der Waals surface area contributed by atoms with E-state index in [1.165, 1.54) is 0 Å². The Hall–Kier alpha value is -3.72. The normalized spacial score (nSPS) is 21.6. The van der Waals surface area contributed by atoms with Gasteiger partial charge in [-0.2, -0.15) is 0 Å². The molecule has 9 nitrogen and oxygen atoms in total. The summed E-state index contributed by atoms with van der Waals surface area (Å²) in [5.74, 6) is -1.20. The number of carboxylic acid groups (broad SMARTS) is 1. The molecule has 6 N–H and O–H groups in total. The Balaban J connectivity index is 1.52. The van der Waals surface area contributed by atoms with Crippen LogP contribution in [0.1, 0.15) is 48.8 Å². The largest absolute Gasteiger partial charge is 0.480 e. The molecule has 2 aromatic rings. The molecule has 0 spiro atoms. The second-order valence-electron chi connectivity index (χ2n) is 9.95. The number of rotatable bonds is 10. The number of nitrogen functional groups attached to an aromatic ring is 1. The molecule has 1 aliphatic heterocycles. The number of nitrogens with one attached hydrogen (secondary N) is 3. The highest BCUT2D eigenvalue weighted by molar-refractivity contribution is 5.95. The van der Waals surface area contributed by atoms with E-state index < -0.39 is 18.1 Å². The minimum Gasteiger partial charge on any atom is -0.480 e. The molecule has 1 heterocycles. The lowest BCUT2D eigenvalue weighted by Crippen LogP contribution is -2.56. The molecule has 0 bridgehead atoms. The summed E-state index contributed by atoms with van der Waals surface area (Å²) in [5, 5.41) is 22.7. The quantitative estimate of drug-likeness (QED) is 0.246. The van der Waals surface area contributed by atoms with E-state index in [0.717, 1.165) is 36.8 Å². The monoisotopic (exact) mass is 505 g/mol. The van der Waals surface area contributed by atoms with Crippen LogP contribution in [0.3, 0.4) is 0 Å². The van der Waals surface area contributed by atoms with Crippen LogP contribution in [-0.2, 0) is 27.3 Å². The molecule has 4 rings (SSSR count). The van der Waals surface area contributed by atoms with Crippen molar-refractivity contribution in [3.8, 4) is 0 Å². The van der Waals surface area contributed by atoms with Gasteiger partial charge in [0.2, 0.25) is 11.8 Å². The number of hydrogen-bond acceptors (Lipinski definition) is 5. The number of nitrogens with two attached hydrogens (primary N) is 1. The van der Waals surface area contributed by atoms with Crippen molar-refractivity contribution in [2.75, 3.05) is 6.54 Å². The maximum absolute atomic E-state index is 14.0. The number of carbonyl (C=O) groups excluding carboxylic acids is 2. The molecule has 37 heavy (non-hydrogen) atoms. The number of aliphatic carboxylic acids is 1. The van der Waals surface area contributed by atoms with Crippen LogP contribution in [0.5, 0.6) is 0 Å². The van der Waals surface area contributed by atoms with E-state index in [1.54, 1.807) is 17.0 Å². The van der Waals surface area contributed by atoms with Gasteiger partial charge in [0.25, 0.3) is 0 Å². The number of hydrogen-bond donors (Lipinski definition) is 5. The molecule has 1 saturated carbocycles. The molecule has 2 amide bonds. The fourth-order valence-corrected chi connectivity index (χ4v) is 5.61. The van der Waals surface area contributed by atoms with E-state index in [0.29, 0.717) is 24.9 Å². The molecule has 2 aliphatic rings. The van der Waals surface area contributed by atoms with E-state index >= 15 is 0 Å². The second kappa shape index (κ2) is 12.0. The maximum atomic E-state index is 14.0. The molecule has 0 radical (unpaired) electrons. The lowest BCUT2D eigenvalue weighted by atomic mass is 9.84. The Kier molecular flexibility index (Phi) is 8.55. The van der Waals surface area contributed by atoms with E-state index in [1.807, 2.05) is 42.5 Å². The van der Waals surface area contributed by atoms with Crippen molar-refractivity contribution in [2.45, 2.75) is 63.2 Å². The van der Waals surface area contributed by atoms with Crippen molar-refractivity contribution in [2.24, 2.45) is 11.7 Å².